The number of allylic oxidation sites excluding steroid dienone is 1. The molecule has 0 fully saturated rings. The fourth-order valence-electron chi connectivity index (χ4n) is 0.776. The fourth-order valence-corrected chi connectivity index (χ4v) is 0.776. The maximum absolute atomic E-state index is 10.5. The van der Waals surface area contributed by atoms with E-state index in [0.717, 1.165) is 19.1 Å². The zero-order valence-corrected chi connectivity index (χ0v) is 7.76. The zero-order valence-electron chi connectivity index (χ0n) is 7.76. The van der Waals surface area contributed by atoms with Crippen molar-refractivity contribution in [3.63, 3.8) is 0 Å². The molecule has 0 bridgehead atoms. The van der Waals surface area contributed by atoms with Crippen LogP contribution in [0.3, 0.4) is 0 Å². The highest BCUT2D eigenvalue weighted by Crippen LogP contribution is 2.22. The van der Waals surface area contributed by atoms with E-state index in [1.807, 2.05) is 19.9 Å². The van der Waals surface area contributed by atoms with Gasteiger partial charge in [-0.05, 0) is 18.8 Å². The van der Waals surface area contributed by atoms with Crippen LogP contribution in [-0.4, -0.2) is 6.29 Å². The van der Waals surface area contributed by atoms with Crippen LogP contribution in [0.1, 0.15) is 33.6 Å². The third-order valence-electron chi connectivity index (χ3n) is 1.97. The van der Waals surface area contributed by atoms with E-state index >= 15 is 0 Å². The number of aldehydes is 1. The second-order valence-electron chi connectivity index (χ2n) is 3.86. The number of carbonyl (C=O) groups is 1. The van der Waals surface area contributed by atoms with Crippen LogP contribution in [0.15, 0.2) is 12.7 Å². The topological polar surface area (TPSA) is 17.1 Å². The van der Waals surface area contributed by atoms with Crippen molar-refractivity contribution in [2.45, 2.75) is 33.6 Å². The number of carbonyl (C=O) groups excluding carboxylic acids is 1. The largest absolute Gasteiger partial charge is 0.303 e. The lowest BCUT2D eigenvalue weighted by atomic mass is 9.87. The molecule has 0 aromatic heterocycles. The molecule has 11 heavy (non-hydrogen) atoms. The van der Waals surface area contributed by atoms with Gasteiger partial charge in [-0.1, -0.05) is 26.8 Å². The van der Waals surface area contributed by atoms with Gasteiger partial charge in [0.15, 0.2) is 0 Å². The molecule has 0 heterocycles. The molecule has 0 spiro atoms. The minimum absolute atomic E-state index is 0.155. The van der Waals surface area contributed by atoms with Crippen LogP contribution < -0.4 is 0 Å². The van der Waals surface area contributed by atoms with Crippen molar-refractivity contribution in [2.24, 2.45) is 11.3 Å². The van der Waals surface area contributed by atoms with E-state index < -0.39 is 0 Å². The molecule has 1 atom stereocenters. The average Bonchev–Trinajstić information content (AvgIpc) is 2.00. The molecule has 0 radical (unpaired) electrons. The Hall–Kier alpha value is -0.590. The second-order valence-corrected chi connectivity index (χ2v) is 3.86. The predicted molar refractivity (Wildman–Crippen MR) is 48.4 cm³/mol. The SMILES string of the molecule is C=CC(C)CCC(C)(C)C=O. The van der Waals surface area contributed by atoms with E-state index in [-0.39, 0.29) is 5.41 Å². The van der Waals surface area contributed by atoms with Gasteiger partial charge in [-0.25, -0.2) is 0 Å². The second kappa shape index (κ2) is 4.32. The van der Waals surface area contributed by atoms with Crippen molar-refractivity contribution in [3.8, 4) is 0 Å². The van der Waals surface area contributed by atoms with Crippen molar-refractivity contribution < 1.29 is 4.79 Å². The monoisotopic (exact) mass is 154 g/mol. The molecule has 0 aliphatic heterocycles. The molecule has 0 saturated carbocycles. The first-order chi connectivity index (χ1) is 5.02. The summed E-state index contributed by atoms with van der Waals surface area (Å²) in [6.07, 6.45) is 4.96. The van der Waals surface area contributed by atoms with E-state index in [1.165, 1.54) is 0 Å². The fraction of sp³-hybridized carbons (Fsp3) is 0.700. The Bertz CT molecular complexity index is 136. The first-order valence-electron chi connectivity index (χ1n) is 4.11. The molecule has 1 nitrogen and oxygen atoms in total. The summed E-state index contributed by atoms with van der Waals surface area (Å²) in [7, 11) is 0. The molecule has 0 rings (SSSR count). The first kappa shape index (κ1) is 10.4. The molecular weight excluding hydrogens is 136 g/mol. The van der Waals surface area contributed by atoms with Gasteiger partial charge < -0.3 is 4.79 Å². The Morgan fingerprint density at radius 2 is 2.09 bits per heavy atom. The maximum Gasteiger partial charge on any atom is 0.125 e. The van der Waals surface area contributed by atoms with Crippen LogP contribution >= 0.6 is 0 Å². The van der Waals surface area contributed by atoms with Gasteiger partial charge in [0, 0.05) is 5.41 Å². The van der Waals surface area contributed by atoms with Crippen LogP contribution in [0.25, 0.3) is 0 Å². The van der Waals surface area contributed by atoms with Crippen molar-refractivity contribution in [1.82, 2.24) is 0 Å². The molecule has 0 saturated heterocycles. The Labute approximate surface area is 69.5 Å². The third-order valence-corrected chi connectivity index (χ3v) is 1.97. The van der Waals surface area contributed by atoms with Gasteiger partial charge in [0.2, 0.25) is 0 Å². The van der Waals surface area contributed by atoms with Crippen molar-refractivity contribution in [1.29, 1.82) is 0 Å². The third kappa shape index (κ3) is 4.77. The highest BCUT2D eigenvalue weighted by atomic mass is 16.1. The smallest absolute Gasteiger partial charge is 0.125 e. The number of rotatable bonds is 5. The van der Waals surface area contributed by atoms with E-state index in [2.05, 4.69) is 13.5 Å². The Balaban J connectivity index is 3.68. The van der Waals surface area contributed by atoms with E-state index in [0.29, 0.717) is 5.92 Å². The molecule has 0 N–H and O–H groups in total. The molecule has 0 amide bonds. The van der Waals surface area contributed by atoms with Crippen LogP contribution in [0, 0.1) is 11.3 Å². The zero-order chi connectivity index (χ0) is 8.91. The Morgan fingerprint density at radius 3 is 2.45 bits per heavy atom. The quantitative estimate of drug-likeness (QED) is 0.439. The molecule has 0 aliphatic carbocycles. The van der Waals surface area contributed by atoms with Crippen LogP contribution in [-0.2, 0) is 4.79 Å². The summed E-state index contributed by atoms with van der Waals surface area (Å²) in [6.45, 7) is 9.75. The summed E-state index contributed by atoms with van der Waals surface area (Å²) < 4.78 is 0. The highest BCUT2D eigenvalue weighted by Gasteiger charge is 2.16. The van der Waals surface area contributed by atoms with Crippen molar-refractivity contribution in [3.05, 3.63) is 12.7 Å². The molecular formula is C10H18O. The predicted octanol–water partition coefficient (Wildman–Crippen LogP) is 2.81. The van der Waals surface area contributed by atoms with Gasteiger partial charge in [-0.3, -0.25) is 0 Å². The van der Waals surface area contributed by atoms with Gasteiger partial charge in [0.05, 0.1) is 0 Å². The molecule has 1 unspecified atom stereocenters. The van der Waals surface area contributed by atoms with Crippen molar-refractivity contribution >= 4 is 6.29 Å². The lowest BCUT2D eigenvalue weighted by molar-refractivity contribution is -0.115. The first-order valence-corrected chi connectivity index (χ1v) is 4.11. The van der Waals surface area contributed by atoms with Crippen molar-refractivity contribution in [2.75, 3.05) is 0 Å². The maximum atomic E-state index is 10.5. The minimum Gasteiger partial charge on any atom is -0.303 e. The number of hydrogen-bond donors (Lipinski definition) is 0. The molecule has 0 aliphatic rings. The van der Waals surface area contributed by atoms with E-state index in [1.54, 1.807) is 0 Å². The Kier molecular flexibility index (Phi) is 4.09. The average molecular weight is 154 g/mol. The summed E-state index contributed by atoms with van der Waals surface area (Å²) >= 11 is 0. The summed E-state index contributed by atoms with van der Waals surface area (Å²) in [4.78, 5) is 10.5. The summed E-state index contributed by atoms with van der Waals surface area (Å²) in [6, 6.07) is 0. The van der Waals surface area contributed by atoms with Crippen LogP contribution in [0.5, 0.6) is 0 Å². The molecule has 64 valence electrons. The van der Waals surface area contributed by atoms with Crippen LogP contribution in [0.2, 0.25) is 0 Å². The highest BCUT2D eigenvalue weighted by molar-refractivity contribution is 5.57. The Morgan fingerprint density at radius 1 is 1.55 bits per heavy atom. The lowest BCUT2D eigenvalue weighted by Gasteiger charge is -2.17. The van der Waals surface area contributed by atoms with Gasteiger partial charge >= 0.3 is 0 Å². The summed E-state index contributed by atoms with van der Waals surface area (Å²) in [5, 5.41) is 0. The van der Waals surface area contributed by atoms with Gasteiger partial charge in [0.25, 0.3) is 0 Å². The molecule has 0 aromatic rings. The normalized spacial score (nSPS) is 14.1. The number of hydrogen-bond acceptors (Lipinski definition) is 1. The summed E-state index contributed by atoms with van der Waals surface area (Å²) in [5.41, 5.74) is -0.155. The van der Waals surface area contributed by atoms with Crippen LogP contribution in [0.4, 0.5) is 0 Å². The standard InChI is InChI=1S/C10H18O/c1-5-9(2)6-7-10(3,4)8-11/h5,8-9H,1,6-7H2,2-4H3. The van der Waals surface area contributed by atoms with E-state index in [4.69, 9.17) is 0 Å². The molecule has 1 heteroatoms. The van der Waals surface area contributed by atoms with Gasteiger partial charge in [-0.2, -0.15) is 0 Å². The van der Waals surface area contributed by atoms with E-state index in [9.17, 15) is 4.79 Å². The lowest BCUT2D eigenvalue weighted by Crippen LogP contribution is -2.13. The van der Waals surface area contributed by atoms with Gasteiger partial charge in [0.1, 0.15) is 6.29 Å². The molecule has 0 aromatic carbocycles. The minimum atomic E-state index is -0.155. The summed E-state index contributed by atoms with van der Waals surface area (Å²) in [5.74, 6) is 0.522. The van der Waals surface area contributed by atoms with Gasteiger partial charge in [-0.15, -0.1) is 6.58 Å².